The van der Waals surface area contributed by atoms with E-state index in [1.807, 2.05) is 43.5 Å². The van der Waals surface area contributed by atoms with E-state index in [1.54, 1.807) is 10.3 Å². The molecule has 3 rings (SSSR count). The summed E-state index contributed by atoms with van der Waals surface area (Å²) < 4.78 is 1.78. The number of hydrogen-bond acceptors (Lipinski definition) is 4. The Bertz CT molecular complexity index is 774. The molecule has 3 aromatic rings. The number of aromatic nitrogens is 3. The van der Waals surface area contributed by atoms with Gasteiger partial charge in [0.2, 0.25) is 0 Å². The van der Waals surface area contributed by atoms with Gasteiger partial charge in [0.1, 0.15) is 5.69 Å². The van der Waals surface area contributed by atoms with Gasteiger partial charge in [-0.3, -0.25) is 8.75 Å². The molecule has 114 valence electrons. The van der Waals surface area contributed by atoms with Gasteiger partial charge in [-0.2, -0.15) is 0 Å². The Morgan fingerprint density at radius 3 is 2.82 bits per heavy atom. The molecule has 5 nitrogen and oxygen atoms in total. The minimum atomic E-state index is 0.0494. The third kappa shape index (κ3) is 2.96. The van der Waals surface area contributed by atoms with Crippen LogP contribution in [-0.4, -0.2) is 20.5 Å². The van der Waals surface area contributed by atoms with Crippen LogP contribution in [0, 0.1) is 0 Å². The highest BCUT2D eigenvalue weighted by molar-refractivity contribution is 7.10. The Kier molecular flexibility index (Phi) is 4.39. The molecule has 0 saturated carbocycles. The minimum absolute atomic E-state index is 0.0494. The van der Waals surface area contributed by atoms with Crippen LogP contribution < -0.4 is 10.9 Å². The Hall–Kier alpha value is -2.34. The predicted molar refractivity (Wildman–Crippen MR) is 90.5 cm³/mol. The Labute approximate surface area is 132 Å². The molecule has 0 saturated heterocycles. The standard InChI is InChI=1S/C16H18N4OS/c1-2-20-16(21)14(18-9-8-13-10-17-11-19-13)15(22-20)12-6-4-3-5-7-12/h3-7,10-11,18H,2,8-9H2,1H3,(H,17,19). The first kappa shape index (κ1) is 14.6. The van der Waals surface area contributed by atoms with Crippen LogP contribution in [0.4, 0.5) is 5.69 Å². The van der Waals surface area contributed by atoms with E-state index in [2.05, 4.69) is 15.3 Å². The summed E-state index contributed by atoms with van der Waals surface area (Å²) in [6.07, 6.45) is 4.32. The quantitative estimate of drug-likeness (QED) is 0.735. The summed E-state index contributed by atoms with van der Waals surface area (Å²) in [4.78, 5) is 20.6. The highest BCUT2D eigenvalue weighted by Crippen LogP contribution is 2.30. The number of anilines is 1. The fraction of sp³-hybridized carbons (Fsp3) is 0.250. The molecule has 0 amide bonds. The third-order valence-electron chi connectivity index (χ3n) is 3.43. The van der Waals surface area contributed by atoms with Crippen molar-refractivity contribution in [1.82, 2.24) is 13.9 Å². The monoisotopic (exact) mass is 314 g/mol. The average molecular weight is 314 g/mol. The Morgan fingerprint density at radius 2 is 2.14 bits per heavy atom. The molecule has 0 aliphatic carbocycles. The normalized spacial score (nSPS) is 10.8. The lowest BCUT2D eigenvalue weighted by molar-refractivity contribution is 0.809. The number of rotatable bonds is 6. The van der Waals surface area contributed by atoms with Gasteiger partial charge in [0.15, 0.2) is 0 Å². The topological polar surface area (TPSA) is 62.7 Å². The molecule has 2 aromatic heterocycles. The maximum atomic E-state index is 12.5. The second-order valence-electron chi connectivity index (χ2n) is 4.90. The fourth-order valence-electron chi connectivity index (χ4n) is 2.31. The summed E-state index contributed by atoms with van der Waals surface area (Å²) in [5, 5.41) is 3.30. The van der Waals surface area contributed by atoms with Crippen molar-refractivity contribution in [3.8, 4) is 10.4 Å². The second-order valence-corrected chi connectivity index (χ2v) is 5.93. The first-order valence-electron chi connectivity index (χ1n) is 7.30. The maximum absolute atomic E-state index is 12.5. The van der Waals surface area contributed by atoms with E-state index in [0.717, 1.165) is 22.6 Å². The summed E-state index contributed by atoms with van der Waals surface area (Å²) in [6, 6.07) is 10.0. The molecule has 0 aliphatic heterocycles. The molecule has 0 atom stereocenters. The number of aryl methyl sites for hydroxylation is 1. The molecule has 1 aromatic carbocycles. The van der Waals surface area contributed by atoms with Crippen LogP contribution in [-0.2, 0) is 13.0 Å². The zero-order chi connectivity index (χ0) is 15.4. The van der Waals surface area contributed by atoms with Crippen LogP contribution in [0.25, 0.3) is 10.4 Å². The zero-order valence-corrected chi connectivity index (χ0v) is 13.2. The fourth-order valence-corrected chi connectivity index (χ4v) is 3.33. The molecule has 6 heteroatoms. The molecule has 0 radical (unpaired) electrons. The van der Waals surface area contributed by atoms with Crippen molar-refractivity contribution in [3.63, 3.8) is 0 Å². The van der Waals surface area contributed by atoms with E-state index in [1.165, 1.54) is 11.5 Å². The molecule has 0 bridgehead atoms. The number of hydrogen-bond donors (Lipinski definition) is 2. The van der Waals surface area contributed by atoms with Crippen LogP contribution in [0.15, 0.2) is 47.7 Å². The van der Waals surface area contributed by atoms with Gasteiger partial charge in [-0.1, -0.05) is 41.9 Å². The van der Waals surface area contributed by atoms with Crippen LogP contribution >= 0.6 is 11.5 Å². The van der Waals surface area contributed by atoms with Gasteiger partial charge in [-0.15, -0.1) is 0 Å². The van der Waals surface area contributed by atoms with Crippen LogP contribution in [0.5, 0.6) is 0 Å². The molecule has 22 heavy (non-hydrogen) atoms. The summed E-state index contributed by atoms with van der Waals surface area (Å²) in [7, 11) is 0. The summed E-state index contributed by atoms with van der Waals surface area (Å²) in [6.45, 7) is 3.35. The lowest BCUT2D eigenvalue weighted by Gasteiger charge is -2.05. The highest BCUT2D eigenvalue weighted by atomic mass is 32.1. The summed E-state index contributed by atoms with van der Waals surface area (Å²) in [5.74, 6) is 0. The average Bonchev–Trinajstić information content (AvgIpc) is 3.17. The van der Waals surface area contributed by atoms with Crippen molar-refractivity contribution in [2.45, 2.75) is 19.9 Å². The van der Waals surface area contributed by atoms with Gasteiger partial charge in [0, 0.05) is 25.7 Å². The lowest BCUT2D eigenvalue weighted by atomic mass is 10.2. The highest BCUT2D eigenvalue weighted by Gasteiger charge is 2.15. The molecule has 0 aliphatic rings. The van der Waals surface area contributed by atoms with Gasteiger partial charge in [-0.05, 0) is 12.5 Å². The smallest absolute Gasteiger partial charge is 0.284 e. The SMILES string of the molecule is CCn1sc(-c2ccccc2)c(NCCc2c[nH]cn2)c1=O. The molecule has 0 spiro atoms. The number of nitrogens with zero attached hydrogens (tertiary/aromatic N) is 2. The number of nitrogens with one attached hydrogen (secondary N) is 2. The summed E-state index contributed by atoms with van der Waals surface area (Å²) >= 11 is 1.51. The van der Waals surface area contributed by atoms with Crippen LogP contribution in [0.1, 0.15) is 12.6 Å². The number of benzene rings is 1. The Balaban J connectivity index is 1.85. The number of imidazole rings is 1. The van der Waals surface area contributed by atoms with Crippen molar-refractivity contribution in [2.75, 3.05) is 11.9 Å². The third-order valence-corrected chi connectivity index (χ3v) is 4.70. The van der Waals surface area contributed by atoms with Gasteiger partial charge in [0.05, 0.1) is 16.9 Å². The molecule has 2 N–H and O–H groups in total. The molecule has 2 heterocycles. The predicted octanol–water partition coefficient (Wildman–Crippen LogP) is 2.97. The maximum Gasteiger partial charge on any atom is 0.284 e. The zero-order valence-electron chi connectivity index (χ0n) is 12.4. The first-order valence-corrected chi connectivity index (χ1v) is 8.08. The van der Waals surface area contributed by atoms with E-state index in [-0.39, 0.29) is 5.56 Å². The van der Waals surface area contributed by atoms with E-state index in [0.29, 0.717) is 18.8 Å². The Morgan fingerprint density at radius 1 is 1.32 bits per heavy atom. The first-order chi connectivity index (χ1) is 10.8. The van der Waals surface area contributed by atoms with Crippen molar-refractivity contribution in [2.24, 2.45) is 0 Å². The van der Waals surface area contributed by atoms with E-state index in [4.69, 9.17) is 0 Å². The van der Waals surface area contributed by atoms with Gasteiger partial charge in [-0.25, -0.2) is 4.98 Å². The number of H-pyrrole nitrogens is 1. The van der Waals surface area contributed by atoms with Crippen molar-refractivity contribution < 1.29 is 0 Å². The van der Waals surface area contributed by atoms with E-state index in [9.17, 15) is 4.79 Å². The molecular weight excluding hydrogens is 296 g/mol. The summed E-state index contributed by atoms with van der Waals surface area (Å²) in [5.41, 5.74) is 2.79. The second kappa shape index (κ2) is 6.62. The molecule has 0 unspecified atom stereocenters. The van der Waals surface area contributed by atoms with Gasteiger partial charge >= 0.3 is 0 Å². The van der Waals surface area contributed by atoms with Crippen molar-refractivity contribution in [1.29, 1.82) is 0 Å². The number of aromatic amines is 1. The largest absolute Gasteiger partial charge is 0.379 e. The molecular formula is C16H18N4OS. The minimum Gasteiger partial charge on any atom is -0.379 e. The van der Waals surface area contributed by atoms with E-state index < -0.39 is 0 Å². The van der Waals surface area contributed by atoms with Crippen molar-refractivity contribution in [3.05, 3.63) is 58.9 Å². The van der Waals surface area contributed by atoms with Gasteiger partial charge in [0.25, 0.3) is 5.56 Å². The molecule has 0 fully saturated rings. The van der Waals surface area contributed by atoms with Crippen LogP contribution in [0.2, 0.25) is 0 Å². The van der Waals surface area contributed by atoms with E-state index >= 15 is 0 Å². The lowest BCUT2D eigenvalue weighted by Crippen LogP contribution is -2.18. The van der Waals surface area contributed by atoms with Gasteiger partial charge < -0.3 is 10.3 Å². The van der Waals surface area contributed by atoms with Crippen LogP contribution in [0.3, 0.4) is 0 Å². The van der Waals surface area contributed by atoms with Crippen molar-refractivity contribution >= 4 is 17.2 Å².